The Bertz CT molecular complexity index is 390. The summed E-state index contributed by atoms with van der Waals surface area (Å²) in [7, 11) is 1.82. The van der Waals surface area contributed by atoms with Gasteiger partial charge in [-0.2, -0.15) is 0 Å². The van der Waals surface area contributed by atoms with Crippen LogP contribution in [0.5, 0.6) is 5.88 Å². The molecule has 108 valence electrons. The first-order chi connectivity index (χ1) is 8.97. The van der Waals surface area contributed by atoms with E-state index in [9.17, 15) is 0 Å². The highest BCUT2D eigenvalue weighted by Gasteiger charge is 2.14. The first-order valence-corrected chi connectivity index (χ1v) is 7.33. The third-order valence-corrected chi connectivity index (χ3v) is 3.62. The van der Waals surface area contributed by atoms with Gasteiger partial charge in [0.05, 0.1) is 0 Å². The summed E-state index contributed by atoms with van der Waals surface area (Å²) in [6.07, 6.45) is 1.49. The second-order valence-electron chi connectivity index (χ2n) is 4.87. The number of anilines is 1. The third-order valence-electron chi connectivity index (χ3n) is 2.91. The van der Waals surface area contributed by atoms with E-state index in [0.29, 0.717) is 24.6 Å². The smallest absolute Gasteiger partial charge is 0.233 e. The molecule has 1 aromatic heterocycles. The van der Waals surface area contributed by atoms with E-state index in [1.807, 2.05) is 7.05 Å². The fourth-order valence-corrected chi connectivity index (χ4v) is 2.51. The molecule has 0 radical (unpaired) electrons. The van der Waals surface area contributed by atoms with Crippen LogP contribution in [-0.2, 0) is 0 Å². The highest BCUT2D eigenvalue weighted by Crippen LogP contribution is 2.27. The zero-order chi connectivity index (χ0) is 14.4. The van der Waals surface area contributed by atoms with E-state index in [-0.39, 0.29) is 0 Å². The standard InChI is InChI=1S/C13H23BrN4O/c1-9(2)18(10(3)4)6-7-19-13-11(14)12(15-5)16-8-17-13/h8-10H,6-7H2,1-5H3,(H,15,16,17). The van der Waals surface area contributed by atoms with Crippen LogP contribution in [0.1, 0.15) is 27.7 Å². The molecule has 0 aliphatic heterocycles. The van der Waals surface area contributed by atoms with Gasteiger partial charge in [0, 0.05) is 25.7 Å². The number of nitrogens with zero attached hydrogens (tertiary/aromatic N) is 3. The second-order valence-corrected chi connectivity index (χ2v) is 5.66. The molecule has 5 nitrogen and oxygen atoms in total. The molecule has 0 spiro atoms. The fourth-order valence-electron chi connectivity index (χ4n) is 1.99. The summed E-state index contributed by atoms with van der Waals surface area (Å²) in [5.74, 6) is 1.31. The average molecular weight is 331 g/mol. The molecule has 0 bridgehead atoms. The van der Waals surface area contributed by atoms with Crippen LogP contribution in [0.3, 0.4) is 0 Å². The van der Waals surface area contributed by atoms with Crippen molar-refractivity contribution in [3.05, 3.63) is 10.8 Å². The van der Waals surface area contributed by atoms with Gasteiger partial charge < -0.3 is 10.1 Å². The molecule has 0 saturated heterocycles. The lowest BCUT2D eigenvalue weighted by molar-refractivity contribution is 0.139. The van der Waals surface area contributed by atoms with Crippen LogP contribution >= 0.6 is 15.9 Å². The molecule has 1 heterocycles. The van der Waals surface area contributed by atoms with Crippen molar-refractivity contribution in [2.24, 2.45) is 0 Å². The normalized spacial score (nSPS) is 11.4. The van der Waals surface area contributed by atoms with Crippen LogP contribution in [0.2, 0.25) is 0 Å². The fraction of sp³-hybridized carbons (Fsp3) is 0.692. The van der Waals surface area contributed by atoms with Gasteiger partial charge >= 0.3 is 0 Å². The molecule has 0 fully saturated rings. The molecule has 0 aliphatic rings. The minimum absolute atomic E-state index is 0.505. The van der Waals surface area contributed by atoms with Gasteiger partial charge in [-0.25, -0.2) is 9.97 Å². The summed E-state index contributed by atoms with van der Waals surface area (Å²) >= 11 is 3.44. The molecular formula is C13H23BrN4O. The molecule has 0 atom stereocenters. The zero-order valence-electron chi connectivity index (χ0n) is 12.3. The molecule has 0 aromatic carbocycles. The first-order valence-electron chi connectivity index (χ1n) is 6.54. The predicted octanol–water partition coefficient (Wildman–Crippen LogP) is 2.78. The minimum atomic E-state index is 0.505. The molecule has 1 rings (SSSR count). The van der Waals surface area contributed by atoms with Crippen molar-refractivity contribution in [2.45, 2.75) is 39.8 Å². The van der Waals surface area contributed by atoms with E-state index < -0.39 is 0 Å². The molecule has 19 heavy (non-hydrogen) atoms. The Morgan fingerprint density at radius 1 is 1.26 bits per heavy atom. The number of hydrogen-bond donors (Lipinski definition) is 1. The van der Waals surface area contributed by atoms with E-state index in [1.165, 1.54) is 6.33 Å². The van der Waals surface area contributed by atoms with Crippen LogP contribution in [0, 0.1) is 0 Å². The van der Waals surface area contributed by atoms with Gasteiger partial charge in [0.2, 0.25) is 5.88 Å². The molecule has 6 heteroatoms. The molecular weight excluding hydrogens is 308 g/mol. The Morgan fingerprint density at radius 2 is 1.89 bits per heavy atom. The van der Waals surface area contributed by atoms with Crippen LogP contribution in [0.4, 0.5) is 5.82 Å². The lowest BCUT2D eigenvalue weighted by atomic mass is 10.2. The SMILES string of the molecule is CNc1ncnc(OCCN(C(C)C)C(C)C)c1Br. The lowest BCUT2D eigenvalue weighted by Crippen LogP contribution is -2.39. The number of nitrogens with one attached hydrogen (secondary N) is 1. The molecule has 1 aromatic rings. The van der Waals surface area contributed by atoms with Crippen molar-refractivity contribution in [3.63, 3.8) is 0 Å². The lowest BCUT2D eigenvalue weighted by Gasteiger charge is -2.30. The molecule has 0 aliphatic carbocycles. The van der Waals surface area contributed by atoms with Crippen molar-refractivity contribution >= 4 is 21.7 Å². The number of hydrogen-bond acceptors (Lipinski definition) is 5. The predicted molar refractivity (Wildman–Crippen MR) is 81.8 cm³/mol. The average Bonchev–Trinajstić information content (AvgIpc) is 2.35. The maximum atomic E-state index is 5.73. The van der Waals surface area contributed by atoms with Crippen LogP contribution in [0.15, 0.2) is 10.8 Å². The van der Waals surface area contributed by atoms with Crippen LogP contribution < -0.4 is 10.1 Å². The number of rotatable bonds is 7. The van der Waals surface area contributed by atoms with Crippen molar-refractivity contribution < 1.29 is 4.74 Å². The monoisotopic (exact) mass is 330 g/mol. The first kappa shape index (κ1) is 16.2. The summed E-state index contributed by atoms with van der Waals surface area (Å²) in [6, 6.07) is 1.01. The summed E-state index contributed by atoms with van der Waals surface area (Å²) in [6.45, 7) is 10.3. The second kappa shape index (κ2) is 7.65. The van der Waals surface area contributed by atoms with Gasteiger partial charge in [-0.3, -0.25) is 4.90 Å². The third kappa shape index (κ3) is 4.62. The van der Waals surface area contributed by atoms with Gasteiger partial charge in [0.25, 0.3) is 0 Å². The summed E-state index contributed by atoms with van der Waals surface area (Å²) < 4.78 is 6.49. The summed E-state index contributed by atoms with van der Waals surface area (Å²) in [5, 5.41) is 2.98. The Kier molecular flexibility index (Phi) is 6.51. The largest absolute Gasteiger partial charge is 0.475 e. The Labute approximate surface area is 123 Å². The van der Waals surface area contributed by atoms with Crippen molar-refractivity contribution in [1.29, 1.82) is 0 Å². The Hall–Kier alpha value is -0.880. The Balaban J connectivity index is 2.58. The number of halogens is 1. The maximum Gasteiger partial charge on any atom is 0.233 e. The van der Waals surface area contributed by atoms with E-state index in [1.54, 1.807) is 0 Å². The highest BCUT2D eigenvalue weighted by molar-refractivity contribution is 9.10. The highest BCUT2D eigenvalue weighted by atomic mass is 79.9. The van der Waals surface area contributed by atoms with Crippen molar-refractivity contribution in [3.8, 4) is 5.88 Å². The van der Waals surface area contributed by atoms with Gasteiger partial charge in [0.15, 0.2) is 0 Å². The van der Waals surface area contributed by atoms with E-state index in [4.69, 9.17) is 4.74 Å². The maximum absolute atomic E-state index is 5.73. The molecule has 0 saturated carbocycles. The van der Waals surface area contributed by atoms with E-state index in [2.05, 4.69) is 63.8 Å². The van der Waals surface area contributed by atoms with E-state index in [0.717, 1.165) is 16.8 Å². The number of ether oxygens (including phenoxy) is 1. The molecule has 1 N–H and O–H groups in total. The Morgan fingerprint density at radius 3 is 2.42 bits per heavy atom. The summed E-state index contributed by atoms with van der Waals surface area (Å²) in [5.41, 5.74) is 0. The van der Waals surface area contributed by atoms with Gasteiger partial charge in [-0.15, -0.1) is 0 Å². The molecule has 0 amide bonds. The number of aromatic nitrogens is 2. The summed E-state index contributed by atoms with van der Waals surface area (Å²) in [4.78, 5) is 10.6. The van der Waals surface area contributed by atoms with Gasteiger partial charge in [-0.05, 0) is 43.6 Å². The van der Waals surface area contributed by atoms with E-state index >= 15 is 0 Å². The van der Waals surface area contributed by atoms with Gasteiger partial charge in [0.1, 0.15) is 23.2 Å². The minimum Gasteiger partial charge on any atom is -0.475 e. The van der Waals surface area contributed by atoms with Crippen molar-refractivity contribution in [2.75, 3.05) is 25.5 Å². The van der Waals surface area contributed by atoms with Crippen LogP contribution in [-0.4, -0.2) is 47.2 Å². The van der Waals surface area contributed by atoms with Gasteiger partial charge in [-0.1, -0.05) is 0 Å². The van der Waals surface area contributed by atoms with Crippen molar-refractivity contribution in [1.82, 2.24) is 14.9 Å². The molecule has 0 unspecified atom stereocenters. The van der Waals surface area contributed by atoms with Crippen LogP contribution in [0.25, 0.3) is 0 Å². The topological polar surface area (TPSA) is 50.3 Å². The quantitative estimate of drug-likeness (QED) is 0.833. The zero-order valence-corrected chi connectivity index (χ0v) is 13.9.